The first-order valence-electron chi connectivity index (χ1n) is 7.64. The molecule has 1 nitrogen and oxygen atoms in total. The zero-order valence-corrected chi connectivity index (χ0v) is 12.6. The molecule has 110 valence electrons. The fourth-order valence-corrected chi connectivity index (χ4v) is 2.54. The van der Waals surface area contributed by atoms with E-state index >= 15 is 0 Å². The minimum Gasteiger partial charge on any atom is -0.372 e. The van der Waals surface area contributed by atoms with Crippen LogP contribution in [0.2, 0.25) is 0 Å². The van der Waals surface area contributed by atoms with E-state index in [1.165, 1.54) is 22.3 Å². The van der Waals surface area contributed by atoms with Crippen LogP contribution in [-0.4, -0.2) is 0 Å². The lowest BCUT2D eigenvalue weighted by molar-refractivity contribution is 0.106. The Morgan fingerprint density at radius 3 is 1.73 bits per heavy atom. The van der Waals surface area contributed by atoms with Crippen LogP contribution in [0.4, 0.5) is 0 Å². The third-order valence-electron chi connectivity index (χ3n) is 3.72. The predicted octanol–water partition coefficient (Wildman–Crippen LogP) is 4.99. The Balaban J connectivity index is 1.64. The second-order valence-corrected chi connectivity index (χ2v) is 5.41. The van der Waals surface area contributed by atoms with Gasteiger partial charge in [0.2, 0.25) is 0 Å². The maximum Gasteiger partial charge on any atom is 0.0724 e. The molecule has 0 heterocycles. The molecule has 3 aromatic rings. The third kappa shape index (κ3) is 4.06. The second kappa shape index (κ2) is 7.58. The Kier molecular flexibility index (Phi) is 5.01. The molecule has 0 unspecified atom stereocenters. The fraction of sp³-hybridized carbons (Fsp3) is 0.143. The van der Waals surface area contributed by atoms with Crippen molar-refractivity contribution < 1.29 is 4.74 Å². The molecule has 3 rings (SSSR count). The smallest absolute Gasteiger partial charge is 0.0724 e. The van der Waals surface area contributed by atoms with Crippen LogP contribution in [0.5, 0.6) is 0 Å². The number of rotatable bonds is 6. The summed E-state index contributed by atoms with van der Waals surface area (Å²) in [5, 5.41) is 0. The molecule has 0 aliphatic carbocycles. The predicted molar refractivity (Wildman–Crippen MR) is 90.6 cm³/mol. The van der Waals surface area contributed by atoms with Crippen molar-refractivity contribution in [1.29, 1.82) is 0 Å². The molecule has 3 aromatic carbocycles. The summed E-state index contributed by atoms with van der Waals surface area (Å²) < 4.78 is 5.88. The first kappa shape index (κ1) is 14.6. The van der Waals surface area contributed by atoms with Crippen LogP contribution in [0.1, 0.15) is 22.3 Å². The SMILES string of the molecule is c1ccc(COCc2ccccc2Cc2ccccc2)cc1. The average molecular weight is 288 g/mol. The van der Waals surface area contributed by atoms with Crippen molar-refractivity contribution in [3.8, 4) is 0 Å². The van der Waals surface area contributed by atoms with Crippen LogP contribution in [0.15, 0.2) is 84.9 Å². The summed E-state index contributed by atoms with van der Waals surface area (Å²) in [4.78, 5) is 0. The Labute approximate surface area is 132 Å². The molecule has 0 fully saturated rings. The monoisotopic (exact) mass is 288 g/mol. The number of ether oxygens (including phenoxy) is 1. The fourth-order valence-electron chi connectivity index (χ4n) is 2.54. The molecular weight excluding hydrogens is 268 g/mol. The molecule has 1 heteroatoms. The van der Waals surface area contributed by atoms with Gasteiger partial charge in [0, 0.05) is 0 Å². The second-order valence-electron chi connectivity index (χ2n) is 5.41. The Hall–Kier alpha value is -2.38. The molecular formula is C21H20O. The zero-order valence-electron chi connectivity index (χ0n) is 12.6. The molecule has 0 saturated heterocycles. The largest absolute Gasteiger partial charge is 0.372 e. The molecule has 0 amide bonds. The highest BCUT2D eigenvalue weighted by Gasteiger charge is 2.03. The molecule has 22 heavy (non-hydrogen) atoms. The van der Waals surface area contributed by atoms with E-state index in [0.717, 1.165) is 6.42 Å². The van der Waals surface area contributed by atoms with Crippen molar-refractivity contribution in [3.05, 3.63) is 107 Å². The summed E-state index contributed by atoms with van der Waals surface area (Å²) in [6, 6.07) is 29.4. The highest BCUT2D eigenvalue weighted by molar-refractivity contribution is 5.32. The van der Waals surface area contributed by atoms with E-state index in [1.807, 2.05) is 18.2 Å². The quantitative estimate of drug-likeness (QED) is 0.620. The van der Waals surface area contributed by atoms with Crippen LogP contribution < -0.4 is 0 Å². The van der Waals surface area contributed by atoms with Crippen LogP contribution in [0.3, 0.4) is 0 Å². The summed E-state index contributed by atoms with van der Waals surface area (Å²) >= 11 is 0. The van der Waals surface area contributed by atoms with Crippen LogP contribution in [0, 0.1) is 0 Å². The van der Waals surface area contributed by atoms with E-state index in [0.29, 0.717) is 13.2 Å². The first-order chi connectivity index (χ1) is 10.9. The normalized spacial score (nSPS) is 10.5. The van der Waals surface area contributed by atoms with E-state index in [2.05, 4.69) is 66.7 Å². The van der Waals surface area contributed by atoms with Gasteiger partial charge < -0.3 is 4.74 Å². The number of benzene rings is 3. The van der Waals surface area contributed by atoms with Gasteiger partial charge in [0.1, 0.15) is 0 Å². The molecule has 0 N–H and O–H groups in total. The van der Waals surface area contributed by atoms with Gasteiger partial charge in [0.05, 0.1) is 13.2 Å². The summed E-state index contributed by atoms with van der Waals surface area (Å²) in [6.45, 7) is 1.30. The van der Waals surface area contributed by atoms with Gasteiger partial charge in [-0.15, -0.1) is 0 Å². The van der Waals surface area contributed by atoms with E-state index in [-0.39, 0.29) is 0 Å². The lowest BCUT2D eigenvalue weighted by Crippen LogP contribution is -1.99. The van der Waals surface area contributed by atoms with Crippen LogP contribution in [0.25, 0.3) is 0 Å². The van der Waals surface area contributed by atoms with E-state index < -0.39 is 0 Å². The van der Waals surface area contributed by atoms with Gasteiger partial charge in [-0.1, -0.05) is 84.9 Å². The molecule has 0 spiro atoms. The Bertz CT molecular complexity index is 689. The van der Waals surface area contributed by atoms with Crippen molar-refractivity contribution in [1.82, 2.24) is 0 Å². The van der Waals surface area contributed by atoms with Crippen LogP contribution in [-0.2, 0) is 24.4 Å². The van der Waals surface area contributed by atoms with Gasteiger partial charge >= 0.3 is 0 Å². The minimum absolute atomic E-state index is 0.651. The number of hydrogen-bond donors (Lipinski definition) is 0. The highest BCUT2D eigenvalue weighted by Crippen LogP contribution is 2.16. The standard InChI is InChI=1S/C21H20O/c1-3-9-18(10-4-1)15-20-13-7-8-14-21(20)17-22-16-19-11-5-2-6-12-19/h1-14H,15-17H2. The van der Waals surface area contributed by atoms with Gasteiger partial charge in [-0.3, -0.25) is 0 Å². The minimum atomic E-state index is 0.651. The van der Waals surface area contributed by atoms with Gasteiger partial charge in [-0.05, 0) is 28.7 Å². The van der Waals surface area contributed by atoms with Crippen molar-refractivity contribution in [2.75, 3.05) is 0 Å². The molecule has 0 bridgehead atoms. The van der Waals surface area contributed by atoms with Gasteiger partial charge in [0.15, 0.2) is 0 Å². The summed E-state index contributed by atoms with van der Waals surface area (Å²) in [7, 11) is 0. The Morgan fingerprint density at radius 1 is 0.500 bits per heavy atom. The molecule has 0 aliphatic heterocycles. The number of hydrogen-bond acceptors (Lipinski definition) is 1. The van der Waals surface area contributed by atoms with Crippen LogP contribution >= 0.6 is 0 Å². The van der Waals surface area contributed by atoms with Crippen molar-refractivity contribution in [3.63, 3.8) is 0 Å². The van der Waals surface area contributed by atoms with Gasteiger partial charge in [0.25, 0.3) is 0 Å². The van der Waals surface area contributed by atoms with E-state index in [4.69, 9.17) is 4.74 Å². The third-order valence-corrected chi connectivity index (χ3v) is 3.72. The lowest BCUT2D eigenvalue weighted by atomic mass is 10.0. The van der Waals surface area contributed by atoms with Gasteiger partial charge in [-0.2, -0.15) is 0 Å². The highest BCUT2D eigenvalue weighted by atomic mass is 16.5. The molecule has 0 atom stereocenters. The first-order valence-corrected chi connectivity index (χ1v) is 7.64. The zero-order chi connectivity index (χ0) is 15.0. The molecule has 0 aromatic heterocycles. The Morgan fingerprint density at radius 2 is 1.05 bits per heavy atom. The van der Waals surface area contributed by atoms with Crippen molar-refractivity contribution >= 4 is 0 Å². The average Bonchev–Trinajstić information content (AvgIpc) is 2.58. The maximum absolute atomic E-state index is 5.88. The topological polar surface area (TPSA) is 9.23 Å². The van der Waals surface area contributed by atoms with Crippen molar-refractivity contribution in [2.24, 2.45) is 0 Å². The molecule has 0 aliphatic rings. The summed E-state index contributed by atoms with van der Waals surface area (Å²) in [6.07, 6.45) is 0.950. The lowest BCUT2D eigenvalue weighted by Gasteiger charge is -2.10. The maximum atomic E-state index is 5.88. The van der Waals surface area contributed by atoms with Gasteiger partial charge in [-0.25, -0.2) is 0 Å². The van der Waals surface area contributed by atoms with Crippen molar-refractivity contribution in [2.45, 2.75) is 19.6 Å². The summed E-state index contributed by atoms with van der Waals surface area (Å²) in [5.74, 6) is 0. The molecule has 0 saturated carbocycles. The summed E-state index contributed by atoms with van der Waals surface area (Å²) in [5.41, 5.74) is 5.14. The van der Waals surface area contributed by atoms with E-state index in [1.54, 1.807) is 0 Å². The van der Waals surface area contributed by atoms with E-state index in [9.17, 15) is 0 Å². The molecule has 0 radical (unpaired) electrons.